The second-order valence-corrected chi connectivity index (χ2v) is 13.0. The number of nitrogens with one attached hydrogen (secondary N) is 1. The molecule has 0 aromatic rings. The van der Waals surface area contributed by atoms with Crippen molar-refractivity contribution < 1.29 is 47.5 Å². The monoisotopic (exact) mass is 692 g/mol. The number of alkyl carbamates (subject to hydrolysis) is 1. The molecule has 286 valence electrons. The summed E-state index contributed by atoms with van der Waals surface area (Å²) in [6.07, 6.45) is 19.8. The summed E-state index contributed by atoms with van der Waals surface area (Å²) in [5.74, 6) is -0.133. The van der Waals surface area contributed by atoms with E-state index < -0.39 is 11.7 Å². The van der Waals surface area contributed by atoms with Crippen LogP contribution in [0.15, 0.2) is 0 Å². The third-order valence-corrected chi connectivity index (χ3v) is 7.25. The Morgan fingerprint density at radius 3 is 1.17 bits per heavy atom. The summed E-state index contributed by atoms with van der Waals surface area (Å²) in [6.45, 7) is 13.9. The van der Waals surface area contributed by atoms with Gasteiger partial charge in [0, 0.05) is 13.0 Å². The maximum Gasteiger partial charge on any atom is 0.407 e. The van der Waals surface area contributed by atoms with Crippen molar-refractivity contribution in [2.45, 2.75) is 136 Å². The van der Waals surface area contributed by atoms with Crippen molar-refractivity contribution in [3.63, 3.8) is 0 Å². The van der Waals surface area contributed by atoms with E-state index in [-0.39, 0.29) is 12.6 Å². The maximum absolute atomic E-state index is 11.9. The largest absolute Gasteiger partial charge is 0.463 e. The van der Waals surface area contributed by atoms with Crippen LogP contribution in [-0.2, 0) is 42.7 Å². The molecule has 0 aliphatic rings. The Kier molecular flexibility index (Phi) is 35.6. The minimum atomic E-state index is -0.510. The lowest BCUT2D eigenvalue weighted by atomic mass is 10.0. The molecule has 0 rings (SSSR count). The number of hydrogen-bond acceptors (Lipinski definition) is 10. The van der Waals surface area contributed by atoms with Crippen molar-refractivity contribution in [2.75, 3.05) is 92.4 Å². The van der Waals surface area contributed by atoms with Crippen LogP contribution in [0, 0.1) is 0 Å². The lowest BCUT2D eigenvalue weighted by molar-refractivity contribution is -0.145. The molecule has 0 fully saturated rings. The lowest BCUT2D eigenvalue weighted by Gasteiger charge is -2.19. The highest BCUT2D eigenvalue weighted by Crippen LogP contribution is 2.14. The van der Waals surface area contributed by atoms with Crippen LogP contribution in [-0.4, -0.2) is 110 Å². The van der Waals surface area contributed by atoms with E-state index in [1.54, 1.807) is 0 Å². The number of carbonyl (C=O) groups is 2. The first-order chi connectivity index (χ1) is 23.3. The molecule has 11 nitrogen and oxygen atoms in total. The average molecular weight is 692 g/mol. The van der Waals surface area contributed by atoms with Gasteiger partial charge in [0.25, 0.3) is 0 Å². The molecule has 0 radical (unpaired) electrons. The average Bonchev–Trinajstić information content (AvgIpc) is 3.04. The van der Waals surface area contributed by atoms with Crippen LogP contribution in [0.25, 0.3) is 0 Å². The standard InChI is InChI=1S/C37H73NO10/c1-5-6-7-8-9-10-11-12-13-14-15-16-17-18-19-20-35(39)47-34-33-46-32-31-45-30-29-44-28-27-43-26-25-42-24-23-41-22-21-38-36(40)48-37(2,3)4/h5-34H2,1-4H3,(H,38,40). The van der Waals surface area contributed by atoms with Gasteiger partial charge in [0.15, 0.2) is 0 Å². The minimum absolute atomic E-state index is 0.133. The number of amides is 1. The number of carbonyl (C=O) groups excluding carboxylic acids is 2. The summed E-state index contributed by atoms with van der Waals surface area (Å²) in [7, 11) is 0. The van der Waals surface area contributed by atoms with E-state index in [2.05, 4.69) is 12.2 Å². The number of rotatable bonds is 37. The maximum atomic E-state index is 11.9. The van der Waals surface area contributed by atoms with Crippen LogP contribution in [0.4, 0.5) is 4.79 Å². The fraction of sp³-hybridized carbons (Fsp3) is 0.946. The zero-order valence-corrected chi connectivity index (χ0v) is 31.3. The van der Waals surface area contributed by atoms with Gasteiger partial charge >= 0.3 is 12.1 Å². The van der Waals surface area contributed by atoms with E-state index in [0.29, 0.717) is 92.2 Å². The molecule has 0 spiro atoms. The molecular formula is C37H73NO10. The van der Waals surface area contributed by atoms with Gasteiger partial charge in [-0.15, -0.1) is 0 Å². The Hall–Kier alpha value is -1.50. The van der Waals surface area contributed by atoms with Crippen LogP contribution in [0.5, 0.6) is 0 Å². The van der Waals surface area contributed by atoms with Crippen molar-refractivity contribution in [1.82, 2.24) is 5.32 Å². The number of esters is 1. The Morgan fingerprint density at radius 2 is 0.792 bits per heavy atom. The van der Waals surface area contributed by atoms with Crippen LogP contribution >= 0.6 is 0 Å². The first kappa shape index (κ1) is 46.5. The van der Waals surface area contributed by atoms with Gasteiger partial charge in [0.1, 0.15) is 12.2 Å². The second kappa shape index (κ2) is 36.8. The molecule has 0 aliphatic carbocycles. The Labute approximate surface area is 293 Å². The van der Waals surface area contributed by atoms with E-state index in [1.807, 2.05) is 20.8 Å². The van der Waals surface area contributed by atoms with Crippen LogP contribution < -0.4 is 5.32 Å². The van der Waals surface area contributed by atoms with Gasteiger partial charge in [0.2, 0.25) is 0 Å². The third kappa shape index (κ3) is 40.7. The number of hydrogen-bond donors (Lipinski definition) is 1. The highest BCUT2D eigenvalue weighted by Gasteiger charge is 2.15. The highest BCUT2D eigenvalue weighted by atomic mass is 16.6. The molecule has 0 bridgehead atoms. The van der Waals surface area contributed by atoms with E-state index in [0.717, 1.165) is 12.8 Å². The third-order valence-electron chi connectivity index (χ3n) is 7.25. The van der Waals surface area contributed by atoms with Crippen LogP contribution in [0.2, 0.25) is 0 Å². The van der Waals surface area contributed by atoms with Crippen LogP contribution in [0.1, 0.15) is 130 Å². The number of ether oxygens (including phenoxy) is 8. The molecule has 48 heavy (non-hydrogen) atoms. The van der Waals surface area contributed by atoms with Crippen LogP contribution in [0.3, 0.4) is 0 Å². The van der Waals surface area contributed by atoms with Gasteiger partial charge < -0.3 is 43.2 Å². The summed E-state index contributed by atoms with van der Waals surface area (Å²) in [6, 6.07) is 0. The predicted molar refractivity (Wildman–Crippen MR) is 190 cm³/mol. The molecule has 0 aliphatic heterocycles. The molecule has 11 heteroatoms. The number of unbranched alkanes of at least 4 members (excludes halogenated alkanes) is 14. The van der Waals surface area contributed by atoms with Crippen molar-refractivity contribution in [1.29, 1.82) is 0 Å². The molecule has 1 amide bonds. The van der Waals surface area contributed by atoms with Gasteiger partial charge in [-0.2, -0.15) is 0 Å². The first-order valence-electron chi connectivity index (χ1n) is 18.9. The Morgan fingerprint density at radius 1 is 0.458 bits per heavy atom. The Bertz CT molecular complexity index is 690. The van der Waals surface area contributed by atoms with Crippen molar-refractivity contribution in [3.8, 4) is 0 Å². The van der Waals surface area contributed by atoms with Gasteiger partial charge in [0.05, 0.1) is 79.3 Å². The molecule has 0 aromatic heterocycles. The molecule has 0 heterocycles. The summed E-state index contributed by atoms with van der Waals surface area (Å²) in [5, 5.41) is 2.63. The smallest absolute Gasteiger partial charge is 0.407 e. The predicted octanol–water partition coefficient (Wildman–Crippen LogP) is 7.42. The van der Waals surface area contributed by atoms with E-state index in [4.69, 9.17) is 37.9 Å². The molecular weight excluding hydrogens is 618 g/mol. The second-order valence-electron chi connectivity index (χ2n) is 13.0. The molecule has 0 unspecified atom stereocenters. The molecule has 0 aromatic carbocycles. The van der Waals surface area contributed by atoms with Crippen molar-refractivity contribution in [2.24, 2.45) is 0 Å². The van der Waals surface area contributed by atoms with E-state index in [1.165, 1.54) is 83.5 Å². The minimum Gasteiger partial charge on any atom is -0.463 e. The fourth-order valence-corrected chi connectivity index (χ4v) is 4.67. The summed E-state index contributed by atoms with van der Waals surface area (Å²) < 4.78 is 43.1. The Balaban J connectivity index is 3.18. The van der Waals surface area contributed by atoms with Crippen molar-refractivity contribution in [3.05, 3.63) is 0 Å². The summed E-state index contributed by atoms with van der Waals surface area (Å²) in [5.41, 5.74) is -0.510. The first-order valence-corrected chi connectivity index (χ1v) is 18.9. The van der Waals surface area contributed by atoms with E-state index in [9.17, 15) is 9.59 Å². The molecule has 0 saturated carbocycles. The topological polar surface area (TPSA) is 120 Å². The normalized spacial score (nSPS) is 11.6. The zero-order chi connectivity index (χ0) is 35.2. The van der Waals surface area contributed by atoms with Gasteiger partial charge in [-0.3, -0.25) is 4.79 Å². The fourth-order valence-electron chi connectivity index (χ4n) is 4.67. The summed E-state index contributed by atoms with van der Waals surface area (Å²) in [4.78, 5) is 23.4. The van der Waals surface area contributed by atoms with Gasteiger partial charge in [-0.05, 0) is 27.2 Å². The molecule has 0 saturated heterocycles. The van der Waals surface area contributed by atoms with E-state index >= 15 is 0 Å². The molecule has 1 N–H and O–H groups in total. The van der Waals surface area contributed by atoms with Gasteiger partial charge in [-0.25, -0.2) is 4.79 Å². The molecule has 0 atom stereocenters. The lowest BCUT2D eigenvalue weighted by Crippen LogP contribution is -2.34. The quantitative estimate of drug-likeness (QED) is 0.0521. The van der Waals surface area contributed by atoms with Crippen molar-refractivity contribution >= 4 is 12.1 Å². The zero-order valence-electron chi connectivity index (χ0n) is 31.3. The van der Waals surface area contributed by atoms with Gasteiger partial charge in [-0.1, -0.05) is 96.8 Å². The summed E-state index contributed by atoms with van der Waals surface area (Å²) >= 11 is 0. The highest BCUT2D eigenvalue weighted by molar-refractivity contribution is 5.69. The SMILES string of the molecule is CCCCCCCCCCCCCCCCCC(=O)OCCOCCOCCOCCOCCOCCOCCNC(=O)OC(C)(C)C.